The summed E-state index contributed by atoms with van der Waals surface area (Å²) in [6, 6.07) is 0.413. The molecule has 1 N–H and O–H groups in total. The van der Waals surface area contributed by atoms with Crippen LogP contribution < -0.4 is 5.32 Å². The SMILES string of the molecule is C=C(C)C(NCC)C(C)(CC)N1CCCCC1. The third-order valence-corrected chi connectivity index (χ3v) is 4.32. The topological polar surface area (TPSA) is 15.3 Å². The molecule has 100 valence electrons. The number of nitrogens with zero attached hydrogens (tertiary/aromatic N) is 1. The third-order valence-electron chi connectivity index (χ3n) is 4.32. The molecule has 0 aromatic carbocycles. The monoisotopic (exact) mass is 238 g/mol. The largest absolute Gasteiger partial charge is 0.309 e. The third kappa shape index (κ3) is 3.32. The lowest BCUT2D eigenvalue weighted by Crippen LogP contribution is -2.60. The van der Waals surface area contributed by atoms with Crippen molar-refractivity contribution in [3.8, 4) is 0 Å². The summed E-state index contributed by atoms with van der Waals surface area (Å²) >= 11 is 0. The molecule has 2 nitrogen and oxygen atoms in total. The van der Waals surface area contributed by atoms with Gasteiger partial charge in [0.05, 0.1) is 0 Å². The van der Waals surface area contributed by atoms with Gasteiger partial charge in [-0.25, -0.2) is 0 Å². The Morgan fingerprint density at radius 3 is 2.29 bits per heavy atom. The number of likely N-dealkylation sites (tertiary alicyclic amines) is 1. The lowest BCUT2D eigenvalue weighted by atomic mass is 9.82. The van der Waals surface area contributed by atoms with Gasteiger partial charge in [0.25, 0.3) is 0 Å². The van der Waals surface area contributed by atoms with E-state index >= 15 is 0 Å². The number of likely N-dealkylation sites (N-methyl/N-ethyl adjacent to an activating group) is 1. The fourth-order valence-electron chi connectivity index (χ4n) is 3.14. The molecule has 17 heavy (non-hydrogen) atoms. The maximum absolute atomic E-state index is 4.19. The number of rotatable bonds is 6. The first-order chi connectivity index (χ1) is 8.06. The Morgan fingerprint density at radius 2 is 1.88 bits per heavy atom. The fraction of sp³-hybridized carbons (Fsp3) is 0.867. The van der Waals surface area contributed by atoms with Crippen LogP contribution in [0.5, 0.6) is 0 Å². The molecule has 1 aliphatic heterocycles. The Hall–Kier alpha value is -0.340. The first-order valence-electron chi connectivity index (χ1n) is 7.20. The van der Waals surface area contributed by atoms with Crippen LogP contribution in [0.4, 0.5) is 0 Å². The molecule has 2 heteroatoms. The minimum absolute atomic E-state index is 0.224. The molecule has 0 aliphatic carbocycles. The molecule has 0 bridgehead atoms. The number of piperidine rings is 1. The van der Waals surface area contributed by atoms with Gasteiger partial charge in [0.15, 0.2) is 0 Å². The maximum Gasteiger partial charge on any atom is 0.0458 e. The van der Waals surface area contributed by atoms with Gasteiger partial charge in [0.1, 0.15) is 0 Å². The van der Waals surface area contributed by atoms with E-state index in [0.29, 0.717) is 6.04 Å². The lowest BCUT2D eigenvalue weighted by Gasteiger charge is -2.48. The van der Waals surface area contributed by atoms with Crippen LogP contribution in [0, 0.1) is 0 Å². The van der Waals surface area contributed by atoms with Gasteiger partial charge >= 0.3 is 0 Å². The van der Waals surface area contributed by atoms with Crippen molar-refractivity contribution in [2.75, 3.05) is 19.6 Å². The van der Waals surface area contributed by atoms with Crippen molar-refractivity contribution >= 4 is 0 Å². The first-order valence-corrected chi connectivity index (χ1v) is 7.20. The number of hydrogen-bond acceptors (Lipinski definition) is 2. The summed E-state index contributed by atoms with van der Waals surface area (Å²) in [6.45, 7) is 16.8. The molecule has 2 atom stereocenters. The second-order valence-electron chi connectivity index (χ2n) is 5.60. The highest BCUT2D eigenvalue weighted by Crippen LogP contribution is 2.30. The Kier molecular flexibility index (Phi) is 5.68. The van der Waals surface area contributed by atoms with E-state index in [0.717, 1.165) is 6.54 Å². The van der Waals surface area contributed by atoms with E-state index in [1.54, 1.807) is 0 Å². The van der Waals surface area contributed by atoms with E-state index in [1.807, 2.05) is 0 Å². The summed E-state index contributed by atoms with van der Waals surface area (Å²) in [4.78, 5) is 2.68. The maximum atomic E-state index is 4.19. The molecule has 0 amide bonds. The molecule has 1 heterocycles. The molecular formula is C15H30N2. The molecule has 1 aliphatic rings. The van der Waals surface area contributed by atoms with Gasteiger partial charge in [-0.3, -0.25) is 4.90 Å². The Morgan fingerprint density at radius 1 is 1.29 bits per heavy atom. The van der Waals surface area contributed by atoms with Crippen molar-refractivity contribution < 1.29 is 0 Å². The normalized spacial score (nSPS) is 23.1. The summed E-state index contributed by atoms with van der Waals surface area (Å²) in [6.07, 6.45) is 5.28. The number of hydrogen-bond donors (Lipinski definition) is 1. The summed E-state index contributed by atoms with van der Waals surface area (Å²) in [5, 5.41) is 3.63. The fourth-order valence-corrected chi connectivity index (χ4v) is 3.14. The quantitative estimate of drug-likeness (QED) is 0.715. The molecule has 2 unspecified atom stereocenters. The highest BCUT2D eigenvalue weighted by Gasteiger charge is 2.38. The van der Waals surface area contributed by atoms with E-state index in [-0.39, 0.29) is 5.54 Å². The zero-order valence-electron chi connectivity index (χ0n) is 12.2. The van der Waals surface area contributed by atoms with Crippen molar-refractivity contribution in [3.63, 3.8) is 0 Å². The molecule has 0 spiro atoms. The minimum atomic E-state index is 0.224. The van der Waals surface area contributed by atoms with Crippen molar-refractivity contribution in [1.29, 1.82) is 0 Å². The van der Waals surface area contributed by atoms with Gasteiger partial charge < -0.3 is 5.32 Å². The van der Waals surface area contributed by atoms with Crippen LogP contribution in [0.25, 0.3) is 0 Å². The molecule has 1 fully saturated rings. The molecule has 1 saturated heterocycles. The van der Waals surface area contributed by atoms with Crippen LogP contribution in [0.2, 0.25) is 0 Å². The average Bonchev–Trinajstić information content (AvgIpc) is 2.35. The van der Waals surface area contributed by atoms with E-state index in [4.69, 9.17) is 0 Å². The summed E-state index contributed by atoms with van der Waals surface area (Å²) in [5.41, 5.74) is 1.49. The van der Waals surface area contributed by atoms with Crippen LogP contribution in [0.3, 0.4) is 0 Å². The molecular weight excluding hydrogens is 208 g/mol. The van der Waals surface area contributed by atoms with Crippen molar-refractivity contribution in [2.45, 2.75) is 65.0 Å². The Bertz CT molecular complexity index is 243. The lowest BCUT2D eigenvalue weighted by molar-refractivity contribution is 0.0539. The summed E-state index contributed by atoms with van der Waals surface area (Å²) < 4.78 is 0. The molecule has 1 rings (SSSR count). The molecule has 0 saturated carbocycles. The summed E-state index contributed by atoms with van der Waals surface area (Å²) in [5.74, 6) is 0. The van der Waals surface area contributed by atoms with E-state index in [1.165, 1.54) is 44.3 Å². The second kappa shape index (κ2) is 6.55. The molecule has 0 radical (unpaired) electrons. The van der Waals surface area contributed by atoms with Crippen LogP contribution >= 0.6 is 0 Å². The van der Waals surface area contributed by atoms with Gasteiger partial charge in [0.2, 0.25) is 0 Å². The van der Waals surface area contributed by atoms with Gasteiger partial charge in [-0.1, -0.05) is 32.4 Å². The highest BCUT2D eigenvalue weighted by molar-refractivity contribution is 5.13. The molecule has 0 aromatic rings. The molecule has 0 aromatic heterocycles. The van der Waals surface area contributed by atoms with Gasteiger partial charge in [-0.15, -0.1) is 0 Å². The van der Waals surface area contributed by atoms with Crippen LogP contribution in [-0.4, -0.2) is 36.1 Å². The highest BCUT2D eigenvalue weighted by atomic mass is 15.2. The van der Waals surface area contributed by atoms with Crippen molar-refractivity contribution in [1.82, 2.24) is 10.2 Å². The standard InChI is InChI=1S/C15H30N2/c1-6-15(5,14(13(3)4)16-7-2)17-11-9-8-10-12-17/h14,16H,3,6-12H2,1-2,4-5H3. The minimum Gasteiger partial charge on any atom is -0.309 e. The van der Waals surface area contributed by atoms with Crippen LogP contribution in [0.15, 0.2) is 12.2 Å². The number of nitrogens with one attached hydrogen (secondary N) is 1. The van der Waals surface area contributed by atoms with E-state index in [2.05, 4.69) is 44.5 Å². The second-order valence-corrected chi connectivity index (χ2v) is 5.60. The van der Waals surface area contributed by atoms with Crippen molar-refractivity contribution in [3.05, 3.63) is 12.2 Å². The smallest absolute Gasteiger partial charge is 0.0458 e. The van der Waals surface area contributed by atoms with E-state index in [9.17, 15) is 0 Å². The zero-order chi connectivity index (χ0) is 12.9. The summed E-state index contributed by atoms with van der Waals surface area (Å²) in [7, 11) is 0. The van der Waals surface area contributed by atoms with Crippen molar-refractivity contribution in [2.24, 2.45) is 0 Å². The average molecular weight is 238 g/mol. The van der Waals surface area contributed by atoms with E-state index < -0.39 is 0 Å². The van der Waals surface area contributed by atoms with Crippen LogP contribution in [0.1, 0.15) is 53.4 Å². The zero-order valence-corrected chi connectivity index (χ0v) is 12.2. The van der Waals surface area contributed by atoms with Gasteiger partial charge in [-0.05, 0) is 52.7 Å². The predicted octanol–water partition coefficient (Wildman–Crippen LogP) is 3.20. The Balaban J connectivity index is 2.85. The Labute approximate surface area is 107 Å². The predicted molar refractivity (Wildman–Crippen MR) is 76.4 cm³/mol. The van der Waals surface area contributed by atoms with Gasteiger partial charge in [-0.2, -0.15) is 0 Å². The first kappa shape index (κ1) is 14.7. The van der Waals surface area contributed by atoms with Gasteiger partial charge in [0, 0.05) is 11.6 Å². The van der Waals surface area contributed by atoms with Crippen LogP contribution in [-0.2, 0) is 0 Å².